The Hall–Kier alpha value is -0.830. The summed E-state index contributed by atoms with van der Waals surface area (Å²) in [5.41, 5.74) is 1.10. The molecule has 1 heterocycles. The van der Waals surface area contributed by atoms with Gasteiger partial charge in [0, 0.05) is 29.0 Å². The van der Waals surface area contributed by atoms with Crippen molar-refractivity contribution in [3.63, 3.8) is 0 Å². The maximum atomic E-state index is 12.9. The van der Waals surface area contributed by atoms with Crippen LogP contribution in [0.3, 0.4) is 0 Å². The van der Waals surface area contributed by atoms with Crippen LogP contribution in [0.25, 0.3) is 10.9 Å². The lowest BCUT2D eigenvalue weighted by molar-refractivity contribution is 0.629. The van der Waals surface area contributed by atoms with Crippen molar-refractivity contribution in [2.24, 2.45) is 0 Å². The summed E-state index contributed by atoms with van der Waals surface area (Å²) in [4.78, 5) is 0. The number of rotatable bonds is 3. The van der Waals surface area contributed by atoms with Crippen LogP contribution < -0.4 is 0 Å². The molecular formula is C11H11BrFN. The first kappa shape index (κ1) is 9.71. The quantitative estimate of drug-likeness (QED) is 0.740. The summed E-state index contributed by atoms with van der Waals surface area (Å²) < 4.78 is 15.0. The summed E-state index contributed by atoms with van der Waals surface area (Å²) in [7, 11) is 0. The van der Waals surface area contributed by atoms with Crippen LogP contribution in [0.15, 0.2) is 30.5 Å². The second-order valence-electron chi connectivity index (χ2n) is 3.25. The molecule has 2 rings (SSSR count). The maximum Gasteiger partial charge on any atom is 0.123 e. The summed E-state index contributed by atoms with van der Waals surface area (Å²) in [6.07, 6.45) is 3.09. The number of benzene rings is 1. The number of nitrogens with zero attached hydrogens (tertiary/aromatic N) is 1. The zero-order valence-corrected chi connectivity index (χ0v) is 9.30. The van der Waals surface area contributed by atoms with Crippen molar-refractivity contribution in [1.82, 2.24) is 4.57 Å². The minimum Gasteiger partial charge on any atom is -0.347 e. The fourth-order valence-corrected chi connectivity index (χ4v) is 1.85. The molecule has 14 heavy (non-hydrogen) atoms. The number of aromatic nitrogens is 1. The fourth-order valence-electron chi connectivity index (χ4n) is 1.60. The zero-order valence-electron chi connectivity index (χ0n) is 7.71. The Balaban J connectivity index is 2.37. The van der Waals surface area contributed by atoms with E-state index in [1.54, 1.807) is 6.07 Å². The third kappa shape index (κ3) is 1.82. The average molecular weight is 256 g/mol. The van der Waals surface area contributed by atoms with Crippen molar-refractivity contribution in [2.75, 3.05) is 5.33 Å². The second kappa shape index (κ2) is 4.13. The number of hydrogen-bond acceptors (Lipinski definition) is 0. The van der Waals surface area contributed by atoms with Crippen molar-refractivity contribution in [2.45, 2.75) is 13.0 Å². The average Bonchev–Trinajstić information content (AvgIpc) is 2.57. The molecule has 0 N–H and O–H groups in total. The summed E-state index contributed by atoms with van der Waals surface area (Å²) in [5, 5.41) is 1.97. The van der Waals surface area contributed by atoms with E-state index in [9.17, 15) is 4.39 Å². The van der Waals surface area contributed by atoms with Gasteiger partial charge in [-0.2, -0.15) is 0 Å². The van der Waals surface area contributed by atoms with Crippen LogP contribution in [-0.2, 0) is 6.54 Å². The largest absolute Gasteiger partial charge is 0.347 e. The van der Waals surface area contributed by atoms with E-state index < -0.39 is 0 Å². The zero-order chi connectivity index (χ0) is 9.97. The van der Waals surface area contributed by atoms with Crippen LogP contribution in [0, 0.1) is 5.82 Å². The van der Waals surface area contributed by atoms with Crippen LogP contribution in [0.5, 0.6) is 0 Å². The Morgan fingerprint density at radius 2 is 2.14 bits per heavy atom. The highest BCUT2D eigenvalue weighted by Crippen LogP contribution is 2.17. The van der Waals surface area contributed by atoms with Crippen LogP contribution in [0.4, 0.5) is 4.39 Å². The molecule has 2 aromatic rings. The number of fused-ring (bicyclic) bond motifs is 1. The Morgan fingerprint density at radius 1 is 1.29 bits per heavy atom. The molecule has 1 aromatic heterocycles. The summed E-state index contributed by atoms with van der Waals surface area (Å²) in [5.74, 6) is -0.171. The van der Waals surface area contributed by atoms with Gasteiger partial charge in [-0.15, -0.1) is 0 Å². The molecule has 3 heteroatoms. The SMILES string of the molecule is Fc1ccc2c(ccn2CCCBr)c1. The van der Waals surface area contributed by atoms with E-state index >= 15 is 0 Å². The van der Waals surface area contributed by atoms with Gasteiger partial charge in [0.2, 0.25) is 0 Å². The molecule has 0 radical (unpaired) electrons. The first-order valence-electron chi connectivity index (χ1n) is 4.61. The molecule has 1 aromatic carbocycles. The highest BCUT2D eigenvalue weighted by atomic mass is 79.9. The molecule has 0 aliphatic rings. The van der Waals surface area contributed by atoms with Gasteiger partial charge < -0.3 is 4.57 Å². The first-order valence-corrected chi connectivity index (χ1v) is 5.74. The highest BCUT2D eigenvalue weighted by Gasteiger charge is 2.01. The molecule has 1 nitrogen and oxygen atoms in total. The van der Waals surface area contributed by atoms with E-state index in [-0.39, 0.29) is 5.82 Å². The summed E-state index contributed by atoms with van der Waals surface area (Å²) >= 11 is 3.40. The Kier molecular flexibility index (Phi) is 2.87. The van der Waals surface area contributed by atoms with E-state index in [0.717, 1.165) is 29.2 Å². The van der Waals surface area contributed by atoms with Gasteiger partial charge in [-0.25, -0.2) is 4.39 Å². The van der Waals surface area contributed by atoms with Gasteiger partial charge in [0.25, 0.3) is 0 Å². The van der Waals surface area contributed by atoms with E-state index in [2.05, 4.69) is 20.5 Å². The smallest absolute Gasteiger partial charge is 0.123 e. The molecule has 0 saturated carbocycles. The van der Waals surface area contributed by atoms with E-state index in [0.29, 0.717) is 0 Å². The first-order chi connectivity index (χ1) is 6.81. The Morgan fingerprint density at radius 3 is 2.93 bits per heavy atom. The molecule has 0 amide bonds. The number of alkyl halides is 1. The lowest BCUT2D eigenvalue weighted by atomic mass is 10.2. The number of aryl methyl sites for hydroxylation is 1. The van der Waals surface area contributed by atoms with Gasteiger partial charge in [0.1, 0.15) is 5.82 Å². The molecule has 0 saturated heterocycles. The van der Waals surface area contributed by atoms with Crippen molar-refractivity contribution in [3.05, 3.63) is 36.3 Å². The van der Waals surface area contributed by atoms with Crippen LogP contribution in [0.2, 0.25) is 0 Å². The van der Waals surface area contributed by atoms with E-state index in [4.69, 9.17) is 0 Å². The minimum absolute atomic E-state index is 0.171. The van der Waals surface area contributed by atoms with E-state index in [1.165, 1.54) is 6.07 Å². The lowest BCUT2D eigenvalue weighted by Crippen LogP contribution is -1.95. The predicted octanol–water partition coefficient (Wildman–Crippen LogP) is 3.57. The van der Waals surface area contributed by atoms with Crippen LogP contribution in [0.1, 0.15) is 6.42 Å². The number of hydrogen-bond donors (Lipinski definition) is 0. The predicted molar refractivity (Wildman–Crippen MR) is 60.3 cm³/mol. The Labute approximate surface area is 90.7 Å². The van der Waals surface area contributed by atoms with Crippen molar-refractivity contribution in [1.29, 1.82) is 0 Å². The molecule has 0 spiro atoms. The van der Waals surface area contributed by atoms with Crippen molar-refractivity contribution >= 4 is 26.8 Å². The van der Waals surface area contributed by atoms with Gasteiger partial charge in [0.15, 0.2) is 0 Å². The molecule has 0 fully saturated rings. The minimum atomic E-state index is -0.171. The van der Waals surface area contributed by atoms with Crippen molar-refractivity contribution < 1.29 is 4.39 Å². The molecule has 0 unspecified atom stereocenters. The summed E-state index contributed by atoms with van der Waals surface area (Å²) in [6.45, 7) is 0.973. The van der Waals surface area contributed by atoms with Gasteiger partial charge in [-0.1, -0.05) is 15.9 Å². The topological polar surface area (TPSA) is 4.93 Å². The maximum absolute atomic E-state index is 12.9. The molecule has 0 atom stereocenters. The van der Waals surface area contributed by atoms with Crippen LogP contribution >= 0.6 is 15.9 Å². The highest BCUT2D eigenvalue weighted by molar-refractivity contribution is 9.09. The molecule has 0 aliphatic carbocycles. The molecular weight excluding hydrogens is 245 g/mol. The van der Waals surface area contributed by atoms with Crippen molar-refractivity contribution in [3.8, 4) is 0 Å². The third-order valence-corrected chi connectivity index (χ3v) is 2.83. The van der Waals surface area contributed by atoms with Gasteiger partial charge in [-0.3, -0.25) is 0 Å². The van der Waals surface area contributed by atoms with Gasteiger partial charge in [-0.05, 0) is 30.7 Å². The number of halogens is 2. The fraction of sp³-hybridized carbons (Fsp3) is 0.273. The lowest BCUT2D eigenvalue weighted by Gasteiger charge is -2.02. The molecule has 0 bridgehead atoms. The third-order valence-electron chi connectivity index (χ3n) is 2.27. The summed E-state index contributed by atoms with van der Waals surface area (Å²) in [6, 6.07) is 6.86. The molecule has 0 aliphatic heterocycles. The van der Waals surface area contributed by atoms with Gasteiger partial charge in [0.05, 0.1) is 0 Å². The van der Waals surface area contributed by atoms with Crippen LogP contribution in [-0.4, -0.2) is 9.90 Å². The Bertz CT molecular complexity index is 436. The van der Waals surface area contributed by atoms with E-state index in [1.807, 2.05) is 18.3 Å². The monoisotopic (exact) mass is 255 g/mol. The normalized spacial score (nSPS) is 11.0. The standard InChI is InChI=1S/C11H11BrFN/c12-5-1-6-14-7-4-9-8-10(13)2-3-11(9)14/h2-4,7-8H,1,5-6H2. The molecule has 74 valence electrons. The van der Waals surface area contributed by atoms with Gasteiger partial charge >= 0.3 is 0 Å². The second-order valence-corrected chi connectivity index (χ2v) is 4.05.